The number of allylic oxidation sites excluding steroid dienone is 3. The Labute approximate surface area is 169 Å². The Bertz CT molecular complexity index is 553. The van der Waals surface area contributed by atoms with Crippen LogP contribution in [-0.4, -0.2) is 22.2 Å². The average Bonchev–Trinajstić information content (AvgIpc) is 2.67. The topological polar surface area (TPSA) is 0 Å². The molecule has 0 saturated carbocycles. The lowest BCUT2D eigenvalue weighted by molar-refractivity contribution is 0.674. The molecule has 0 nitrogen and oxygen atoms in total. The summed E-state index contributed by atoms with van der Waals surface area (Å²) in [6.07, 6.45) is 12.9. The van der Waals surface area contributed by atoms with Crippen LogP contribution in [0.4, 0.5) is 0 Å². The molecule has 144 valence electrons. The quantitative estimate of drug-likeness (QED) is 0.199. The third-order valence-corrected chi connectivity index (χ3v) is 15.8. The van der Waals surface area contributed by atoms with Gasteiger partial charge in [-0.1, -0.05) is 124 Å². The van der Waals surface area contributed by atoms with E-state index >= 15 is 0 Å². The SMILES string of the molecule is CCCCCC/C=C/C(CC)=[C](/[Al]([CH2]C)[CH2]C)[Si](C)(C)c1ccccc1. The van der Waals surface area contributed by atoms with E-state index < -0.39 is 22.2 Å². The van der Waals surface area contributed by atoms with Gasteiger partial charge >= 0.3 is 0 Å². The van der Waals surface area contributed by atoms with Gasteiger partial charge in [-0.05, 0) is 19.3 Å². The summed E-state index contributed by atoms with van der Waals surface area (Å²) in [6, 6.07) is 11.4. The van der Waals surface area contributed by atoms with Crippen molar-refractivity contribution < 1.29 is 0 Å². The summed E-state index contributed by atoms with van der Waals surface area (Å²) in [5.74, 6) is 0. The summed E-state index contributed by atoms with van der Waals surface area (Å²) in [4.78, 5) is 0. The van der Waals surface area contributed by atoms with Crippen LogP contribution in [0.1, 0.15) is 66.2 Å². The van der Waals surface area contributed by atoms with E-state index in [2.05, 4.69) is 83.3 Å². The van der Waals surface area contributed by atoms with E-state index in [0.717, 1.165) is 0 Å². The fraction of sp³-hybridized carbons (Fsp3) is 0.583. The Balaban J connectivity index is 3.19. The van der Waals surface area contributed by atoms with Gasteiger partial charge in [0.2, 0.25) is 0 Å². The highest BCUT2D eigenvalue weighted by Gasteiger charge is 2.35. The van der Waals surface area contributed by atoms with Crippen molar-refractivity contribution in [1.29, 1.82) is 0 Å². The second kappa shape index (κ2) is 12.8. The Morgan fingerprint density at radius 3 is 2.12 bits per heavy atom. The van der Waals surface area contributed by atoms with Crippen LogP contribution < -0.4 is 5.19 Å². The molecule has 2 heteroatoms. The lowest BCUT2D eigenvalue weighted by Crippen LogP contribution is -2.49. The van der Waals surface area contributed by atoms with E-state index in [1.54, 1.807) is 10.8 Å². The largest absolute Gasteiger partial charge is 0.294 e. The maximum atomic E-state index is 2.59. The maximum Gasteiger partial charge on any atom is 0.294 e. The summed E-state index contributed by atoms with van der Waals surface area (Å²) in [5.41, 5.74) is 1.68. The standard InChI is InChI=1S/C20H31Si.2C2H5.Al/c1-5-7-8-9-10-12-15-19(6-2)18-21(3,4)20-16-13-11-14-17-20;2*1-2;/h11-17H,5-10H2,1-4H3;2*1H2,2H3;/b15-12+,19-18?;;;. The lowest BCUT2D eigenvalue weighted by atomic mass is 10.1. The molecular weight excluding hydrogens is 343 g/mol. The molecule has 0 radical (unpaired) electrons. The summed E-state index contributed by atoms with van der Waals surface area (Å²) >= 11 is -0.857. The smallest absolute Gasteiger partial charge is 0.133 e. The maximum absolute atomic E-state index is 2.59. The third-order valence-electron chi connectivity index (χ3n) is 5.83. The van der Waals surface area contributed by atoms with Crippen LogP contribution in [0.3, 0.4) is 0 Å². The Hall–Kier alpha value is -0.551. The minimum atomic E-state index is -1.59. The molecule has 0 aromatic heterocycles. The molecule has 1 aromatic carbocycles. The van der Waals surface area contributed by atoms with E-state index in [9.17, 15) is 0 Å². The van der Waals surface area contributed by atoms with Gasteiger partial charge in [0.15, 0.2) is 0 Å². The van der Waals surface area contributed by atoms with Gasteiger partial charge in [0, 0.05) is 0 Å². The van der Waals surface area contributed by atoms with Crippen LogP contribution >= 0.6 is 0 Å². The van der Waals surface area contributed by atoms with E-state index in [-0.39, 0.29) is 0 Å². The molecule has 0 bridgehead atoms. The van der Waals surface area contributed by atoms with Crippen molar-refractivity contribution in [3.63, 3.8) is 0 Å². The van der Waals surface area contributed by atoms with Gasteiger partial charge in [-0.3, -0.25) is 0 Å². The second-order valence-corrected chi connectivity index (χ2v) is 16.6. The highest BCUT2D eigenvalue weighted by molar-refractivity contribution is 7.06. The molecule has 0 spiro atoms. The predicted octanol–water partition coefficient (Wildman–Crippen LogP) is 7.45. The summed E-state index contributed by atoms with van der Waals surface area (Å²) in [6.45, 7) is 14.7. The van der Waals surface area contributed by atoms with Gasteiger partial charge in [-0.15, -0.1) is 4.06 Å². The van der Waals surface area contributed by atoms with E-state index in [1.807, 2.05) is 4.06 Å². The summed E-state index contributed by atoms with van der Waals surface area (Å²) in [5, 5.41) is 4.39. The molecule has 0 saturated heterocycles. The highest BCUT2D eigenvalue weighted by atomic mass is 28.3. The van der Waals surface area contributed by atoms with Gasteiger partial charge < -0.3 is 0 Å². The summed E-state index contributed by atoms with van der Waals surface area (Å²) < 4.78 is 1.93. The van der Waals surface area contributed by atoms with E-state index in [1.165, 1.54) is 49.1 Å². The van der Waals surface area contributed by atoms with Crippen LogP contribution in [0.15, 0.2) is 52.1 Å². The number of rotatable bonds is 12. The molecule has 0 amide bonds. The van der Waals surface area contributed by atoms with Gasteiger partial charge in [0.25, 0.3) is 14.1 Å². The van der Waals surface area contributed by atoms with E-state index in [4.69, 9.17) is 0 Å². The molecule has 0 aliphatic carbocycles. The molecular formula is C24H41AlSi. The first-order valence-corrected chi connectivity index (χ1v) is 16.2. The molecule has 26 heavy (non-hydrogen) atoms. The number of unbranched alkanes of at least 4 members (excludes halogenated alkanes) is 4. The first kappa shape index (κ1) is 23.5. The molecule has 0 N–H and O–H groups in total. The van der Waals surface area contributed by atoms with Crippen molar-refractivity contribution in [3.05, 3.63) is 52.1 Å². The van der Waals surface area contributed by atoms with Crippen LogP contribution in [0.2, 0.25) is 23.7 Å². The van der Waals surface area contributed by atoms with Crippen LogP contribution in [0, 0.1) is 0 Å². The molecule has 0 atom stereocenters. The van der Waals surface area contributed by atoms with Crippen molar-refractivity contribution in [2.45, 2.75) is 89.9 Å². The molecule has 0 aliphatic heterocycles. The minimum Gasteiger partial charge on any atom is -0.133 e. The van der Waals surface area contributed by atoms with Crippen LogP contribution in [0.25, 0.3) is 0 Å². The fourth-order valence-corrected chi connectivity index (χ4v) is 14.6. The fourth-order valence-electron chi connectivity index (χ4n) is 4.19. The van der Waals surface area contributed by atoms with Crippen molar-refractivity contribution in [1.82, 2.24) is 0 Å². The molecule has 0 heterocycles. The molecule has 0 aliphatic rings. The first-order valence-electron chi connectivity index (χ1n) is 11.0. The highest BCUT2D eigenvalue weighted by Crippen LogP contribution is 2.28. The average molecular weight is 385 g/mol. The molecule has 0 fully saturated rings. The van der Waals surface area contributed by atoms with Gasteiger partial charge in [0.05, 0.1) is 8.07 Å². The second-order valence-electron chi connectivity index (χ2n) is 8.05. The summed E-state index contributed by atoms with van der Waals surface area (Å²) in [7, 11) is -1.59. The van der Waals surface area contributed by atoms with E-state index in [0.29, 0.717) is 0 Å². The van der Waals surface area contributed by atoms with Crippen LogP contribution in [0.5, 0.6) is 0 Å². The zero-order valence-electron chi connectivity index (χ0n) is 18.3. The van der Waals surface area contributed by atoms with Gasteiger partial charge in [0.1, 0.15) is 0 Å². The number of hydrogen-bond acceptors (Lipinski definition) is 0. The number of hydrogen-bond donors (Lipinski definition) is 0. The van der Waals surface area contributed by atoms with Crippen LogP contribution in [-0.2, 0) is 0 Å². The first-order chi connectivity index (χ1) is 12.5. The lowest BCUT2D eigenvalue weighted by Gasteiger charge is -2.33. The third kappa shape index (κ3) is 6.88. The number of benzene rings is 1. The molecule has 1 aromatic rings. The minimum absolute atomic E-state index is 0.857. The van der Waals surface area contributed by atoms with Crippen molar-refractivity contribution >= 4 is 27.4 Å². The van der Waals surface area contributed by atoms with Crippen molar-refractivity contribution in [3.8, 4) is 0 Å². The van der Waals surface area contributed by atoms with Gasteiger partial charge in [-0.2, -0.15) is 0 Å². The van der Waals surface area contributed by atoms with Gasteiger partial charge in [-0.25, -0.2) is 0 Å². The Morgan fingerprint density at radius 2 is 1.58 bits per heavy atom. The molecule has 1 rings (SSSR count). The van der Waals surface area contributed by atoms with Crippen molar-refractivity contribution in [2.24, 2.45) is 0 Å². The normalized spacial score (nSPS) is 13.2. The monoisotopic (exact) mass is 384 g/mol. The Morgan fingerprint density at radius 1 is 0.923 bits per heavy atom. The Kier molecular flexibility index (Phi) is 11.5. The zero-order chi connectivity index (χ0) is 19.4. The zero-order valence-corrected chi connectivity index (χ0v) is 20.4. The molecule has 0 unspecified atom stereocenters. The predicted molar refractivity (Wildman–Crippen MR) is 125 cm³/mol. The van der Waals surface area contributed by atoms with Crippen molar-refractivity contribution in [2.75, 3.05) is 0 Å².